The summed E-state index contributed by atoms with van der Waals surface area (Å²) in [6.07, 6.45) is 5.48. The van der Waals surface area contributed by atoms with Crippen molar-refractivity contribution in [3.63, 3.8) is 0 Å². The molecule has 1 fully saturated rings. The number of esters is 1. The normalized spacial score (nSPS) is 15.9. The Morgan fingerprint density at radius 1 is 1.26 bits per heavy atom. The highest BCUT2D eigenvalue weighted by atomic mass is 16.5. The van der Waals surface area contributed by atoms with Crippen molar-refractivity contribution in [3.8, 4) is 5.75 Å². The molecule has 0 unspecified atom stereocenters. The van der Waals surface area contributed by atoms with Crippen LogP contribution in [0, 0.1) is 5.92 Å². The monoisotopic (exact) mass is 319 g/mol. The van der Waals surface area contributed by atoms with Crippen molar-refractivity contribution in [1.29, 1.82) is 0 Å². The number of carbonyl (C=O) groups is 2. The number of hydrogen-bond acceptors (Lipinski definition) is 4. The van der Waals surface area contributed by atoms with Gasteiger partial charge in [-0.15, -0.1) is 0 Å². The van der Waals surface area contributed by atoms with Gasteiger partial charge >= 0.3 is 5.97 Å². The van der Waals surface area contributed by atoms with Gasteiger partial charge in [0.2, 0.25) is 5.91 Å². The molecule has 1 aliphatic rings. The average molecular weight is 319 g/mol. The predicted octanol–water partition coefficient (Wildman–Crippen LogP) is 2.48. The minimum absolute atomic E-state index is 0.0739. The van der Waals surface area contributed by atoms with Crippen LogP contribution in [-0.2, 0) is 20.7 Å². The Kier molecular flexibility index (Phi) is 6.44. The van der Waals surface area contributed by atoms with Crippen LogP contribution in [0.25, 0.3) is 0 Å². The summed E-state index contributed by atoms with van der Waals surface area (Å²) in [5.74, 6) is 0.677. The maximum Gasteiger partial charge on any atom is 0.328 e. The van der Waals surface area contributed by atoms with Gasteiger partial charge in [0.15, 0.2) is 0 Å². The summed E-state index contributed by atoms with van der Waals surface area (Å²) in [7, 11) is 2.93. The van der Waals surface area contributed by atoms with Crippen LogP contribution in [0.5, 0.6) is 5.75 Å². The molecule has 1 saturated carbocycles. The molecule has 1 aromatic rings. The highest BCUT2D eigenvalue weighted by Crippen LogP contribution is 2.27. The maximum atomic E-state index is 12.2. The molecular formula is C18H25NO4. The summed E-state index contributed by atoms with van der Waals surface area (Å²) in [6.45, 7) is 0. The van der Waals surface area contributed by atoms with Gasteiger partial charge in [0.1, 0.15) is 11.8 Å². The van der Waals surface area contributed by atoms with Gasteiger partial charge in [-0.05, 0) is 36.5 Å². The molecule has 0 radical (unpaired) electrons. The number of benzene rings is 1. The standard InChI is InChI=1S/C18H25NO4/c1-22-15-9-5-8-14(10-15)11-16(18(21)23-2)19-17(20)12-13-6-3-4-7-13/h5,8-10,13,16H,3-4,6-7,11-12H2,1-2H3,(H,19,20)/t16-/m1/s1. The maximum absolute atomic E-state index is 12.2. The summed E-state index contributed by atoms with van der Waals surface area (Å²) >= 11 is 0. The van der Waals surface area contributed by atoms with E-state index in [0.29, 0.717) is 18.8 Å². The molecule has 5 nitrogen and oxygen atoms in total. The van der Waals surface area contributed by atoms with E-state index in [1.807, 2.05) is 24.3 Å². The first kappa shape index (κ1) is 17.3. The van der Waals surface area contributed by atoms with Crippen molar-refractivity contribution in [3.05, 3.63) is 29.8 Å². The molecule has 0 heterocycles. The first-order chi connectivity index (χ1) is 11.1. The molecule has 1 aliphatic carbocycles. The highest BCUT2D eigenvalue weighted by molar-refractivity contribution is 5.84. The van der Waals surface area contributed by atoms with Crippen molar-refractivity contribution in [1.82, 2.24) is 5.32 Å². The Labute approximate surface area is 137 Å². The third kappa shape index (κ3) is 5.27. The lowest BCUT2D eigenvalue weighted by atomic mass is 10.0. The third-order valence-electron chi connectivity index (χ3n) is 4.34. The van der Waals surface area contributed by atoms with Crippen LogP contribution in [0.2, 0.25) is 0 Å². The van der Waals surface area contributed by atoms with Gasteiger partial charge in [0.05, 0.1) is 14.2 Å². The number of rotatable bonds is 7. The lowest BCUT2D eigenvalue weighted by molar-refractivity contribution is -0.145. The molecule has 23 heavy (non-hydrogen) atoms. The molecule has 0 aromatic heterocycles. The number of methoxy groups -OCH3 is 2. The van der Waals surface area contributed by atoms with Crippen molar-refractivity contribution in [2.24, 2.45) is 5.92 Å². The summed E-state index contributed by atoms with van der Waals surface area (Å²) in [4.78, 5) is 24.2. The average Bonchev–Trinajstić information content (AvgIpc) is 3.06. The predicted molar refractivity (Wildman–Crippen MR) is 87.2 cm³/mol. The van der Waals surface area contributed by atoms with Gasteiger partial charge in [0.25, 0.3) is 0 Å². The van der Waals surface area contributed by atoms with Crippen LogP contribution in [0.3, 0.4) is 0 Å². The van der Waals surface area contributed by atoms with Crippen molar-refractivity contribution in [2.75, 3.05) is 14.2 Å². The first-order valence-corrected chi connectivity index (χ1v) is 8.12. The zero-order valence-corrected chi connectivity index (χ0v) is 13.8. The molecular weight excluding hydrogens is 294 g/mol. The second-order valence-corrected chi connectivity index (χ2v) is 6.05. The number of hydrogen-bond donors (Lipinski definition) is 1. The Hall–Kier alpha value is -2.04. The zero-order valence-electron chi connectivity index (χ0n) is 13.8. The minimum Gasteiger partial charge on any atom is -0.497 e. The molecule has 1 amide bonds. The van der Waals surface area contributed by atoms with Crippen LogP contribution in [0.15, 0.2) is 24.3 Å². The van der Waals surface area contributed by atoms with Gasteiger partial charge in [0, 0.05) is 12.8 Å². The van der Waals surface area contributed by atoms with Crippen LogP contribution in [0.4, 0.5) is 0 Å². The Morgan fingerprint density at radius 2 is 2.00 bits per heavy atom. The number of carbonyl (C=O) groups excluding carboxylic acids is 2. The number of ether oxygens (including phenoxy) is 2. The van der Waals surface area contributed by atoms with E-state index < -0.39 is 12.0 Å². The van der Waals surface area contributed by atoms with E-state index in [4.69, 9.17) is 9.47 Å². The Balaban J connectivity index is 1.98. The fourth-order valence-electron chi connectivity index (χ4n) is 3.10. The first-order valence-electron chi connectivity index (χ1n) is 8.12. The lowest BCUT2D eigenvalue weighted by Gasteiger charge is -2.18. The fraction of sp³-hybridized carbons (Fsp3) is 0.556. The second-order valence-electron chi connectivity index (χ2n) is 6.05. The van der Waals surface area contributed by atoms with Crippen molar-refractivity contribution in [2.45, 2.75) is 44.6 Å². The van der Waals surface area contributed by atoms with Crippen molar-refractivity contribution >= 4 is 11.9 Å². The van der Waals surface area contributed by atoms with E-state index >= 15 is 0 Å². The molecule has 2 rings (SSSR count). The third-order valence-corrected chi connectivity index (χ3v) is 4.34. The van der Waals surface area contributed by atoms with E-state index in [2.05, 4.69) is 5.32 Å². The lowest BCUT2D eigenvalue weighted by Crippen LogP contribution is -2.43. The van der Waals surface area contributed by atoms with E-state index in [0.717, 1.165) is 24.2 Å². The molecule has 5 heteroatoms. The largest absolute Gasteiger partial charge is 0.497 e. The quantitative estimate of drug-likeness (QED) is 0.784. The molecule has 1 aromatic carbocycles. The number of amides is 1. The fourth-order valence-corrected chi connectivity index (χ4v) is 3.10. The molecule has 0 saturated heterocycles. The smallest absolute Gasteiger partial charge is 0.328 e. The van der Waals surface area contributed by atoms with Gasteiger partial charge in [-0.2, -0.15) is 0 Å². The number of nitrogens with one attached hydrogen (secondary N) is 1. The summed E-state index contributed by atoms with van der Waals surface area (Å²) in [6, 6.07) is 6.81. The minimum atomic E-state index is -0.666. The summed E-state index contributed by atoms with van der Waals surface area (Å²) < 4.78 is 10.0. The van der Waals surface area contributed by atoms with Crippen molar-refractivity contribution < 1.29 is 19.1 Å². The second kappa shape index (κ2) is 8.56. The molecule has 1 N–H and O–H groups in total. The van der Waals surface area contributed by atoms with Crippen LogP contribution >= 0.6 is 0 Å². The molecule has 1 atom stereocenters. The van der Waals surface area contributed by atoms with Gasteiger partial charge < -0.3 is 14.8 Å². The van der Waals surface area contributed by atoms with E-state index in [9.17, 15) is 9.59 Å². The summed E-state index contributed by atoms with van der Waals surface area (Å²) in [5, 5.41) is 2.83. The van der Waals surface area contributed by atoms with Crippen LogP contribution < -0.4 is 10.1 Å². The Bertz CT molecular complexity index is 538. The van der Waals surface area contributed by atoms with Gasteiger partial charge in [-0.25, -0.2) is 4.79 Å². The molecule has 0 bridgehead atoms. The molecule has 0 spiro atoms. The SMILES string of the molecule is COC(=O)[C@@H](Cc1cccc(OC)c1)NC(=O)CC1CCCC1. The van der Waals surface area contributed by atoms with Crippen LogP contribution in [0.1, 0.15) is 37.7 Å². The topological polar surface area (TPSA) is 64.6 Å². The van der Waals surface area contributed by atoms with Gasteiger partial charge in [-0.1, -0.05) is 25.0 Å². The zero-order chi connectivity index (χ0) is 16.7. The van der Waals surface area contributed by atoms with E-state index in [1.54, 1.807) is 7.11 Å². The molecule has 126 valence electrons. The Morgan fingerprint density at radius 3 is 2.65 bits per heavy atom. The van der Waals surface area contributed by atoms with E-state index in [1.165, 1.54) is 20.0 Å². The molecule has 0 aliphatic heterocycles. The summed E-state index contributed by atoms with van der Waals surface area (Å²) in [5.41, 5.74) is 0.918. The van der Waals surface area contributed by atoms with E-state index in [-0.39, 0.29) is 5.91 Å². The van der Waals surface area contributed by atoms with Crippen LogP contribution in [-0.4, -0.2) is 32.1 Å². The van der Waals surface area contributed by atoms with Gasteiger partial charge in [-0.3, -0.25) is 4.79 Å². The highest BCUT2D eigenvalue weighted by Gasteiger charge is 2.24.